The lowest BCUT2D eigenvalue weighted by Gasteiger charge is -2.04. The van der Waals surface area contributed by atoms with E-state index in [-0.39, 0.29) is 0 Å². The lowest BCUT2D eigenvalue weighted by Crippen LogP contribution is -2.00. The normalized spacial score (nSPS) is 10.5. The van der Waals surface area contributed by atoms with Gasteiger partial charge < -0.3 is 0 Å². The molecule has 1 aromatic rings. The Kier molecular flexibility index (Phi) is 2.97. The van der Waals surface area contributed by atoms with Gasteiger partial charge in [-0.1, -0.05) is 18.1 Å². The summed E-state index contributed by atoms with van der Waals surface area (Å²) >= 11 is 0. The highest BCUT2D eigenvalue weighted by Crippen LogP contribution is 2.18. The highest BCUT2D eigenvalue weighted by Gasteiger charge is 2.14. The fraction of sp³-hybridized carbons (Fsp3) is 0.273. The molecular formula is C11H12O2S. The van der Waals surface area contributed by atoms with E-state index in [4.69, 9.17) is 0 Å². The first-order valence-corrected chi connectivity index (χ1v) is 5.72. The van der Waals surface area contributed by atoms with Gasteiger partial charge in [0.15, 0.2) is 0 Å². The van der Waals surface area contributed by atoms with E-state index in [1.807, 2.05) is 13.0 Å². The second-order valence-corrected chi connectivity index (χ2v) is 4.70. The van der Waals surface area contributed by atoms with Crippen molar-refractivity contribution < 1.29 is 8.42 Å². The van der Waals surface area contributed by atoms with Crippen LogP contribution in [0.25, 0.3) is 0 Å². The van der Waals surface area contributed by atoms with Gasteiger partial charge in [0.2, 0.25) is 9.84 Å². The molecule has 0 heterocycles. The van der Waals surface area contributed by atoms with Crippen molar-refractivity contribution in [3.63, 3.8) is 0 Å². The third kappa shape index (κ3) is 1.97. The summed E-state index contributed by atoms with van der Waals surface area (Å²) in [6, 6.07) is 5.20. The van der Waals surface area contributed by atoms with Gasteiger partial charge >= 0.3 is 0 Å². The summed E-state index contributed by atoms with van der Waals surface area (Å²) in [5, 5.41) is 2.23. The third-order valence-corrected chi connectivity index (χ3v) is 3.58. The first kappa shape index (κ1) is 10.8. The van der Waals surface area contributed by atoms with Crippen LogP contribution < -0.4 is 0 Å². The molecule has 0 amide bonds. The maximum absolute atomic E-state index is 11.6. The predicted octanol–water partition coefficient (Wildman–Crippen LogP) is 2.06. The Labute approximate surface area is 84.9 Å². The molecular weight excluding hydrogens is 196 g/mol. The molecule has 0 saturated carbocycles. The van der Waals surface area contributed by atoms with Crippen molar-refractivity contribution in [1.29, 1.82) is 0 Å². The number of aryl methyl sites for hydroxylation is 1. The van der Waals surface area contributed by atoms with Crippen LogP contribution in [0, 0.1) is 25.0 Å². The molecule has 1 rings (SSSR count). The smallest absolute Gasteiger partial charge is 0.210 e. The Hall–Kier alpha value is -1.27. The molecule has 0 unspecified atom stereocenters. The lowest BCUT2D eigenvalue weighted by molar-refractivity contribution is 0.605. The molecule has 14 heavy (non-hydrogen) atoms. The summed E-state index contributed by atoms with van der Waals surface area (Å²) in [6.07, 6.45) is 0. The first-order valence-electron chi connectivity index (χ1n) is 4.24. The van der Waals surface area contributed by atoms with Gasteiger partial charge in [-0.2, -0.15) is 0 Å². The molecule has 0 aliphatic carbocycles. The summed E-state index contributed by atoms with van der Waals surface area (Å²) in [5.74, 6) is 2.42. The van der Waals surface area contributed by atoms with Gasteiger partial charge in [0.1, 0.15) is 0 Å². The fourth-order valence-electron chi connectivity index (χ4n) is 1.20. The van der Waals surface area contributed by atoms with E-state index in [0.29, 0.717) is 4.90 Å². The number of hydrogen-bond acceptors (Lipinski definition) is 2. The quantitative estimate of drug-likeness (QED) is 0.523. The number of benzene rings is 1. The van der Waals surface area contributed by atoms with Crippen LogP contribution in [0.5, 0.6) is 0 Å². The Morgan fingerprint density at radius 1 is 1.21 bits per heavy atom. The molecule has 0 radical (unpaired) electrons. The molecule has 0 fully saturated rings. The van der Waals surface area contributed by atoms with Crippen LogP contribution in [-0.4, -0.2) is 8.42 Å². The van der Waals surface area contributed by atoms with E-state index < -0.39 is 9.84 Å². The van der Waals surface area contributed by atoms with Gasteiger partial charge in [0.25, 0.3) is 0 Å². The van der Waals surface area contributed by atoms with E-state index >= 15 is 0 Å². The van der Waals surface area contributed by atoms with E-state index in [9.17, 15) is 8.42 Å². The number of rotatable bonds is 1. The predicted molar refractivity (Wildman–Crippen MR) is 56.6 cm³/mol. The standard InChI is InChI=1S/C11H12O2S/c1-4-8-14(12,13)11-7-5-6-9(2)10(11)3/h5-7H,1-3H3. The molecule has 0 atom stereocenters. The van der Waals surface area contributed by atoms with Crippen LogP contribution >= 0.6 is 0 Å². The van der Waals surface area contributed by atoms with Gasteiger partial charge in [-0.15, -0.1) is 0 Å². The third-order valence-electron chi connectivity index (χ3n) is 2.08. The van der Waals surface area contributed by atoms with E-state index in [2.05, 4.69) is 11.2 Å². The minimum atomic E-state index is -3.42. The molecule has 74 valence electrons. The Balaban J connectivity index is 3.46. The number of sulfone groups is 1. The SMILES string of the molecule is CC#CS(=O)(=O)c1cccc(C)c1C. The van der Waals surface area contributed by atoms with Crippen molar-refractivity contribution in [2.75, 3.05) is 0 Å². The highest BCUT2D eigenvalue weighted by atomic mass is 32.2. The van der Waals surface area contributed by atoms with Crippen LogP contribution in [0.3, 0.4) is 0 Å². The molecule has 0 aromatic heterocycles. The fourth-order valence-corrected chi connectivity index (χ4v) is 2.41. The van der Waals surface area contributed by atoms with Crippen LogP contribution in [0.4, 0.5) is 0 Å². The molecule has 0 aliphatic heterocycles. The first-order chi connectivity index (χ1) is 6.49. The van der Waals surface area contributed by atoms with Crippen molar-refractivity contribution in [3.8, 4) is 11.2 Å². The molecule has 0 aliphatic rings. The maximum atomic E-state index is 11.6. The van der Waals surface area contributed by atoms with Crippen LogP contribution in [0.1, 0.15) is 18.1 Å². The lowest BCUT2D eigenvalue weighted by atomic mass is 10.1. The van der Waals surface area contributed by atoms with Crippen molar-refractivity contribution in [2.24, 2.45) is 0 Å². The van der Waals surface area contributed by atoms with Crippen molar-refractivity contribution in [1.82, 2.24) is 0 Å². The van der Waals surface area contributed by atoms with Crippen LogP contribution in [0.15, 0.2) is 23.1 Å². The van der Waals surface area contributed by atoms with Crippen LogP contribution in [0.2, 0.25) is 0 Å². The minimum Gasteiger partial charge on any atom is -0.210 e. The summed E-state index contributed by atoms with van der Waals surface area (Å²) in [6.45, 7) is 5.19. The topological polar surface area (TPSA) is 34.1 Å². The van der Waals surface area contributed by atoms with Crippen LogP contribution in [-0.2, 0) is 9.84 Å². The maximum Gasteiger partial charge on any atom is 0.245 e. The van der Waals surface area contributed by atoms with Gasteiger partial charge in [-0.25, -0.2) is 8.42 Å². The van der Waals surface area contributed by atoms with E-state index in [1.165, 1.54) is 6.92 Å². The molecule has 0 bridgehead atoms. The highest BCUT2D eigenvalue weighted by molar-refractivity contribution is 7.96. The summed E-state index contributed by atoms with van der Waals surface area (Å²) in [7, 11) is -3.42. The average molecular weight is 208 g/mol. The van der Waals surface area contributed by atoms with Gasteiger partial charge in [-0.05, 0) is 38.0 Å². The Morgan fingerprint density at radius 3 is 2.43 bits per heavy atom. The monoisotopic (exact) mass is 208 g/mol. The number of hydrogen-bond donors (Lipinski definition) is 0. The van der Waals surface area contributed by atoms with Crippen molar-refractivity contribution in [2.45, 2.75) is 25.7 Å². The zero-order valence-corrected chi connectivity index (χ0v) is 9.27. The zero-order valence-electron chi connectivity index (χ0n) is 8.46. The Morgan fingerprint density at radius 2 is 1.86 bits per heavy atom. The average Bonchev–Trinajstić information content (AvgIpc) is 2.09. The molecule has 0 spiro atoms. The van der Waals surface area contributed by atoms with Crippen molar-refractivity contribution in [3.05, 3.63) is 29.3 Å². The summed E-state index contributed by atoms with van der Waals surface area (Å²) in [5.41, 5.74) is 1.74. The molecule has 3 heteroatoms. The molecule has 0 N–H and O–H groups in total. The van der Waals surface area contributed by atoms with Gasteiger partial charge in [0, 0.05) is 5.25 Å². The second kappa shape index (κ2) is 3.85. The van der Waals surface area contributed by atoms with E-state index in [0.717, 1.165) is 11.1 Å². The summed E-state index contributed by atoms with van der Waals surface area (Å²) < 4.78 is 23.3. The molecule has 0 saturated heterocycles. The minimum absolute atomic E-state index is 0.312. The Bertz CT molecular complexity index is 502. The zero-order chi connectivity index (χ0) is 10.8. The largest absolute Gasteiger partial charge is 0.245 e. The van der Waals surface area contributed by atoms with Crippen molar-refractivity contribution >= 4 is 9.84 Å². The summed E-state index contributed by atoms with van der Waals surface area (Å²) in [4.78, 5) is 0.312. The van der Waals surface area contributed by atoms with E-state index in [1.54, 1.807) is 19.1 Å². The second-order valence-electron chi connectivity index (χ2n) is 3.05. The molecule has 2 nitrogen and oxygen atoms in total. The molecule has 1 aromatic carbocycles. The van der Waals surface area contributed by atoms with Gasteiger partial charge in [-0.3, -0.25) is 0 Å². The van der Waals surface area contributed by atoms with Gasteiger partial charge in [0.05, 0.1) is 4.90 Å².